The van der Waals surface area contributed by atoms with Crippen LogP contribution in [0.25, 0.3) is 281 Å². The zero-order valence-corrected chi connectivity index (χ0v) is 82.2. The van der Waals surface area contributed by atoms with E-state index in [1.54, 1.807) is 0 Å². The monoisotopic (exact) mass is 1950 g/mol. The lowest BCUT2D eigenvalue weighted by Gasteiger charge is -2.12. The van der Waals surface area contributed by atoms with E-state index in [9.17, 15) is 0 Å². The fraction of sp³-hybridized carbons (Fsp3) is 0. The van der Waals surface area contributed by atoms with Gasteiger partial charge in [0.1, 0.15) is 11.2 Å². The molecule has 0 fully saturated rings. The summed E-state index contributed by atoms with van der Waals surface area (Å²) in [4.78, 5) is 45.4. The summed E-state index contributed by atoms with van der Waals surface area (Å²) >= 11 is 3.72. The Morgan fingerprint density at radius 1 is 0.147 bits per heavy atom. The third-order valence-electron chi connectivity index (χ3n) is 28.3. The van der Waals surface area contributed by atoms with Gasteiger partial charge in [0.2, 0.25) is 0 Å². The molecule has 9 aromatic heterocycles. The van der Waals surface area contributed by atoms with Crippen LogP contribution in [0.4, 0.5) is 0 Å². The molecule has 13 nitrogen and oxygen atoms in total. The quantitative estimate of drug-likeness (QED) is 0.0973. The van der Waals surface area contributed by atoms with E-state index in [0.717, 1.165) is 133 Å². The maximum atomic E-state index is 6.30. The molecule has 0 atom stereocenters. The van der Waals surface area contributed by atoms with E-state index in [4.69, 9.17) is 49.3 Å². The van der Waals surface area contributed by atoms with Gasteiger partial charge >= 0.3 is 0 Å². The first-order valence-corrected chi connectivity index (χ1v) is 51.7. The molecule has 30 aromatic rings. The number of aromatic nitrogens is 12. The first-order valence-electron chi connectivity index (χ1n) is 50.1. The first kappa shape index (κ1) is 88.0. The fourth-order valence-corrected chi connectivity index (χ4v) is 23.6. The summed E-state index contributed by atoms with van der Waals surface area (Å²) in [6.07, 6.45) is 0. The van der Waals surface area contributed by atoms with Crippen LogP contribution in [-0.4, -0.2) is 58.6 Å². The highest BCUT2D eigenvalue weighted by molar-refractivity contribution is 7.27. The average molecular weight is 1950 g/mol. The number of nitrogens with zero attached hydrogens (tertiary/aromatic N) is 12. The molecule has 0 bridgehead atoms. The molecule has 0 saturated heterocycles. The standard InChI is InChI=1S/C45H28N4O.2C45H28N4S/c1-3-13-29(14-4-1)31-17-11-18-32(25-31)44-46-43(30-15-5-2-6-16-30)47-45(48-44)33-19-12-20-34(26-33)49-39-23-9-7-21-35(39)37-28-42-38(27-40(37)49)36-22-8-10-24-41(36)50-42;1-4-13-29(14-5-1)32-23-26-39-38(28-32)36-24-25-37-35-21-10-11-22-40(35)50-42(37)41(36)49(39)34-20-12-19-33(27-34)45-47-43(30-15-6-2-7-16-30)46-44(48-45)31-17-8-3-9-18-31;1-3-13-29(14-4-1)31-17-11-18-32(25-31)44-46-43(30-15-5-2-6-16-30)47-45(48-44)33-19-12-20-34(26-33)49-39-23-9-7-21-35(39)37-28-42-38(27-40(37)49)36-22-8-10-24-41(36)50-42/h3*1-28H. The molecule has 0 unspecified atom stereocenters. The highest BCUT2D eigenvalue weighted by atomic mass is 32.1. The minimum atomic E-state index is 0.616. The minimum Gasteiger partial charge on any atom is -0.456 e. The highest BCUT2D eigenvalue weighted by Gasteiger charge is 2.26. The van der Waals surface area contributed by atoms with Crippen molar-refractivity contribution in [3.63, 3.8) is 0 Å². The zero-order chi connectivity index (χ0) is 99.1. The molecule has 0 saturated carbocycles. The molecule has 0 aliphatic rings. The zero-order valence-electron chi connectivity index (χ0n) is 80.6. The van der Waals surface area contributed by atoms with Crippen molar-refractivity contribution in [1.29, 1.82) is 0 Å². The molecule has 0 amide bonds. The van der Waals surface area contributed by atoms with Crippen molar-refractivity contribution in [3.8, 4) is 153 Å². The van der Waals surface area contributed by atoms with Crippen LogP contribution < -0.4 is 0 Å². The van der Waals surface area contributed by atoms with Crippen molar-refractivity contribution < 1.29 is 4.42 Å². The van der Waals surface area contributed by atoms with Crippen molar-refractivity contribution >= 4 is 150 Å². The number of thiophene rings is 2. The lowest BCUT2D eigenvalue weighted by Crippen LogP contribution is -2.01. The van der Waals surface area contributed by atoms with E-state index >= 15 is 0 Å². The summed E-state index contributed by atoms with van der Waals surface area (Å²) in [6.45, 7) is 0. The van der Waals surface area contributed by atoms with Gasteiger partial charge in [0.15, 0.2) is 52.4 Å². The van der Waals surface area contributed by atoms with Crippen molar-refractivity contribution in [2.24, 2.45) is 0 Å². The number of fused-ring (bicyclic) bond motifs is 19. The Kier molecular flexibility index (Phi) is 22.0. The molecular formula is C135H84N12OS2. The van der Waals surface area contributed by atoms with E-state index < -0.39 is 0 Å². The van der Waals surface area contributed by atoms with Crippen molar-refractivity contribution in [1.82, 2.24) is 58.6 Å². The lowest BCUT2D eigenvalue weighted by molar-refractivity contribution is 0.669. The molecule has 0 radical (unpaired) electrons. The van der Waals surface area contributed by atoms with E-state index in [1.807, 2.05) is 168 Å². The smallest absolute Gasteiger partial charge is 0.164 e. The first-order chi connectivity index (χ1) is 74.3. The van der Waals surface area contributed by atoms with E-state index in [0.29, 0.717) is 52.4 Å². The van der Waals surface area contributed by atoms with Gasteiger partial charge in [-0.05, 0) is 149 Å². The molecule has 150 heavy (non-hydrogen) atoms. The van der Waals surface area contributed by atoms with Crippen LogP contribution in [0.15, 0.2) is 514 Å². The van der Waals surface area contributed by atoms with Crippen LogP contribution >= 0.6 is 22.7 Å². The topological polar surface area (TPSA) is 144 Å². The maximum absolute atomic E-state index is 6.30. The predicted molar refractivity (Wildman–Crippen MR) is 621 cm³/mol. The Morgan fingerprint density at radius 3 is 0.900 bits per heavy atom. The molecule has 30 rings (SSSR count). The van der Waals surface area contributed by atoms with E-state index in [2.05, 4.69) is 378 Å². The summed E-state index contributed by atoms with van der Waals surface area (Å²) in [5.41, 5.74) is 27.2. The van der Waals surface area contributed by atoms with Crippen molar-refractivity contribution in [3.05, 3.63) is 510 Å². The van der Waals surface area contributed by atoms with Crippen LogP contribution in [0.2, 0.25) is 0 Å². The molecule has 0 aliphatic heterocycles. The van der Waals surface area contributed by atoms with Gasteiger partial charge in [0, 0.05) is 146 Å². The Hall–Kier alpha value is -19.7. The minimum absolute atomic E-state index is 0.616. The van der Waals surface area contributed by atoms with Gasteiger partial charge < -0.3 is 18.1 Å². The Morgan fingerprint density at radius 2 is 0.453 bits per heavy atom. The molecule has 21 aromatic carbocycles. The summed E-state index contributed by atoms with van der Waals surface area (Å²) < 4.78 is 18.6. The van der Waals surface area contributed by atoms with Crippen LogP contribution in [0.3, 0.4) is 0 Å². The second-order valence-electron chi connectivity index (χ2n) is 37.4. The second-order valence-corrected chi connectivity index (χ2v) is 39.6. The fourth-order valence-electron chi connectivity index (χ4n) is 21.2. The van der Waals surface area contributed by atoms with Gasteiger partial charge in [-0.1, -0.05) is 394 Å². The second kappa shape index (κ2) is 37.5. The van der Waals surface area contributed by atoms with Gasteiger partial charge in [-0.15, -0.1) is 22.7 Å². The molecule has 0 aliphatic carbocycles. The normalized spacial score (nSPS) is 11.6. The lowest BCUT2D eigenvalue weighted by atomic mass is 10.0. The number of hydrogen-bond donors (Lipinski definition) is 0. The van der Waals surface area contributed by atoms with Crippen molar-refractivity contribution in [2.75, 3.05) is 0 Å². The van der Waals surface area contributed by atoms with Crippen molar-refractivity contribution in [2.45, 2.75) is 0 Å². The van der Waals surface area contributed by atoms with E-state index in [-0.39, 0.29) is 0 Å². The van der Waals surface area contributed by atoms with Gasteiger partial charge in [-0.2, -0.15) is 0 Å². The molecule has 9 heterocycles. The Labute approximate surface area is 869 Å². The van der Waals surface area contributed by atoms with Gasteiger partial charge in [-0.3, -0.25) is 0 Å². The highest BCUT2D eigenvalue weighted by Crippen LogP contribution is 2.48. The Balaban J connectivity index is 0.000000108. The largest absolute Gasteiger partial charge is 0.456 e. The summed E-state index contributed by atoms with van der Waals surface area (Å²) in [5.74, 6) is 5.73. The van der Waals surface area contributed by atoms with Gasteiger partial charge in [0.05, 0.1) is 37.8 Å². The molecule has 15 heteroatoms. The Bertz CT molecular complexity index is 10000. The number of furan rings is 1. The third-order valence-corrected chi connectivity index (χ3v) is 30.6. The van der Waals surface area contributed by atoms with Crippen LogP contribution in [0, 0.1) is 0 Å². The van der Waals surface area contributed by atoms with E-state index in [1.165, 1.54) is 95.0 Å². The van der Waals surface area contributed by atoms with Gasteiger partial charge in [-0.25, -0.2) is 44.9 Å². The van der Waals surface area contributed by atoms with Gasteiger partial charge in [0.25, 0.3) is 0 Å². The average Bonchev–Trinajstić information content (AvgIpc) is 1.56. The number of para-hydroxylation sites is 3. The molecule has 0 N–H and O–H groups in total. The van der Waals surface area contributed by atoms with Crippen LogP contribution in [0.5, 0.6) is 0 Å². The molecule has 702 valence electrons. The number of benzene rings is 21. The van der Waals surface area contributed by atoms with Crippen LogP contribution in [0.1, 0.15) is 0 Å². The van der Waals surface area contributed by atoms with Crippen LogP contribution in [-0.2, 0) is 0 Å². The number of rotatable bonds is 15. The molecular weight excluding hydrogens is 1870 g/mol. The summed E-state index contributed by atoms with van der Waals surface area (Å²) in [5, 5.41) is 14.6. The predicted octanol–water partition coefficient (Wildman–Crippen LogP) is 35.5. The number of hydrogen-bond acceptors (Lipinski definition) is 12. The molecule has 0 spiro atoms. The summed E-state index contributed by atoms with van der Waals surface area (Å²) in [6, 6.07) is 178. The summed E-state index contributed by atoms with van der Waals surface area (Å²) in [7, 11) is 0. The maximum Gasteiger partial charge on any atom is 0.164 e. The SMILES string of the molecule is c1ccc(-c2ccc3c(c2)c2ccc4c5ccccc5sc4c2n3-c2cccc(-c3nc(-c4ccccc4)nc(-c4ccccc4)n3)c2)cc1.c1ccc(-c2cccc(-c3nc(-c4ccccc4)nc(-c4cccc(-n5c6ccccc6c6cc7oc8ccccc8c7cc65)c4)n3)c2)cc1.c1ccc(-c2cccc(-c3nc(-c4ccccc4)nc(-c4cccc(-n5c6ccccc6c6cc7sc8ccccc8c7cc65)c4)n3)c2)cc1. The third kappa shape index (κ3) is 16.1.